The van der Waals surface area contributed by atoms with E-state index in [0.717, 1.165) is 12.1 Å². The summed E-state index contributed by atoms with van der Waals surface area (Å²) in [6.45, 7) is 5.27. The Kier molecular flexibility index (Phi) is 5.44. The summed E-state index contributed by atoms with van der Waals surface area (Å²) in [6, 6.07) is 0.145. The molecule has 0 aliphatic carbocycles. The van der Waals surface area contributed by atoms with E-state index < -0.39 is 12.3 Å². The second-order valence-corrected chi connectivity index (χ2v) is 5.57. The molecule has 116 valence electrons. The van der Waals surface area contributed by atoms with Crippen LogP contribution in [0.3, 0.4) is 0 Å². The van der Waals surface area contributed by atoms with Gasteiger partial charge in [-0.15, -0.1) is 0 Å². The van der Waals surface area contributed by atoms with Crippen LogP contribution in [0.2, 0.25) is 0 Å². The van der Waals surface area contributed by atoms with Crippen molar-refractivity contribution in [3.63, 3.8) is 0 Å². The second-order valence-electron chi connectivity index (χ2n) is 5.57. The third-order valence-electron chi connectivity index (χ3n) is 3.46. The number of alkyl halides is 1. The van der Waals surface area contributed by atoms with E-state index in [4.69, 9.17) is 4.74 Å². The normalized spacial score (nSPS) is 22.9. The molecule has 1 aliphatic heterocycles. The molecule has 0 bridgehead atoms. The van der Waals surface area contributed by atoms with Gasteiger partial charge in [-0.25, -0.2) is 9.37 Å². The Balaban J connectivity index is 2.17. The van der Waals surface area contributed by atoms with E-state index in [1.54, 1.807) is 12.4 Å². The first kappa shape index (κ1) is 15.6. The number of aromatic amines is 1. The van der Waals surface area contributed by atoms with Gasteiger partial charge in [0.1, 0.15) is 18.6 Å². The summed E-state index contributed by atoms with van der Waals surface area (Å²) < 4.78 is 19.6. The lowest BCUT2D eigenvalue weighted by molar-refractivity contribution is 0.0257. The second kappa shape index (κ2) is 7.31. The van der Waals surface area contributed by atoms with Crippen molar-refractivity contribution in [2.75, 3.05) is 20.1 Å². The van der Waals surface area contributed by atoms with Gasteiger partial charge in [0.05, 0.1) is 0 Å². The predicted octanol–water partition coefficient (Wildman–Crippen LogP) is 1.87. The highest BCUT2D eigenvalue weighted by atomic mass is 19.1. The van der Waals surface area contributed by atoms with Crippen molar-refractivity contribution in [3.8, 4) is 6.01 Å². The zero-order valence-electron chi connectivity index (χ0n) is 12.7. The number of nitrogens with zero attached hydrogens (tertiary/aromatic N) is 4. The predicted molar refractivity (Wildman–Crippen MR) is 77.3 cm³/mol. The number of nitrogens with one attached hydrogen (secondary N) is 1. The van der Waals surface area contributed by atoms with E-state index in [0.29, 0.717) is 13.0 Å². The smallest absolute Gasteiger partial charge is 0.318 e. The molecule has 1 fully saturated rings. The van der Waals surface area contributed by atoms with Gasteiger partial charge < -0.3 is 9.64 Å². The summed E-state index contributed by atoms with van der Waals surface area (Å²) in [4.78, 5) is 10.2. The van der Waals surface area contributed by atoms with Gasteiger partial charge in [0.2, 0.25) is 0 Å². The maximum atomic E-state index is 14.0. The molecule has 0 amide bonds. The molecule has 2 rings (SSSR count). The van der Waals surface area contributed by atoms with Gasteiger partial charge in [-0.3, -0.25) is 5.10 Å². The molecule has 0 saturated carbocycles. The number of rotatable bonds is 3. The molecule has 0 radical (unpaired) electrons. The Morgan fingerprint density at radius 2 is 2.24 bits per heavy atom. The fourth-order valence-electron chi connectivity index (χ4n) is 2.10. The van der Waals surface area contributed by atoms with Crippen molar-refractivity contribution in [1.82, 2.24) is 25.1 Å². The molecular formula is C14H22FN5O. The minimum Gasteiger partial charge on any atom is -0.457 e. The van der Waals surface area contributed by atoms with Crippen LogP contribution >= 0.6 is 0 Å². The Morgan fingerprint density at radius 3 is 2.95 bits per heavy atom. The molecule has 1 N–H and O–H groups in total. The van der Waals surface area contributed by atoms with Crippen molar-refractivity contribution in [2.45, 2.75) is 38.5 Å². The third kappa shape index (κ3) is 4.63. The number of halogens is 1. The van der Waals surface area contributed by atoms with Gasteiger partial charge in [-0.05, 0) is 18.5 Å². The van der Waals surface area contributed by atoms with E-state index in [-0.39, 0.29) is 11.9 Å². The first-order valence-electron chi connectivity index (χ1n) is 7.14. The molecule has 6 nitrogen and oxygen atoms in total. The van der Waals surface area contributed by atoms with Crippen molar-refractivity contribution in [2.24, 2.45) is 0 Å². The zero-order valence-corrected chi connectivity index (χ0v) is 12.7. The topological polar surface area (TPSA) is 66.9 Å². The average Bonchev–Trinajstić information content (AvgIpc) is 2.54. The van der Waals surface area contributed by atoms with Crippen LogP contribution in [-0.2, 0) is 0 Å². The van der Waals surface area contributed by atoms with Crippen molar-refractivity contribution in [1.29, 1.82) is 0 Å². The quantitative estimate of drug-likeness (QED) is 0.922. The monoisotopic (exact) mass is 295 g/mol. The molecule has 0 aromatic carbocycles. The van der Waals surface area contributed by atoms with E-state index >= 15 is 0 Å². The Bertz CT molecular complexity index is 506. The van der Waals surface area contributed by atoms with Gasteiger partial charge in [0.15, 0.2) is 0 Å². The van der Waals surface area contributed by atoms with Crippen molar-refractivity contribution in [3.05, 3.63) is 24.3 Å². The number of ether oxygens (including phenoxy) is 1. The van der Waals surface area contributed by atoms with Crippen molar-refractivity contribution >= 4 is 0 Å². The average molecular weight is 295 g/mol. The van der Waals surface area contributed by atoms with Gasteiger partial charge in [-0.1, -0.05) is 13.8 Å². The first-order chi connectivity index (χ1) is 10.1. The van der Waals surface area contributed by atoms with E-state index in [1.807, 2.05) is 25.8 Å². The Hall–Kier alpha value is -1.76. The number of hydrogen-bond acceptors (Lipinski definition) is 5. The summed E-state index contributed by atoms with van der Waals surface area (Å²) in [5.74, 6) is 0.285. The maximum Gasteiger partial charge on any atom is 0.318 e. The van der Waals surface area contributed by atoms with Gasteiger partial charge in [0, 0.05) is 31.9 Å². The Labute approximate surface area is 124 Å². The molecule has 2 atom stereocenters. The first-order valence-corrected chi connectivity index (χ1v) is 7.14. The fraction of sp³-hybridized carbons (Fsp3) is 0.643. The van der Waals surface area contributed by atoms with E-state index in [2.05, 4.69) is 20.2 Å². The van der Waals surface area contributed by atoms with Crippen LogP contribution in [0.4, 0.5) is 4.39 Å². The highest BCUT2D eigenvalue weighted by Crippen LogP contribution is 2.17. The molecule has 7 heteroatoms. The molecule has 1 aromatic rings. The summed E-state index contributed by atoms with van der Waals surface area (Å²) in [5.41, 5.74) is 0.963. The van der Waals surface area contributed by atoms with Crippen LogP contribution in [0.1, 0.15) is 31.7 Å². The van der Waals surface area contributed by atoms with Gasteiger partial charge in [0.25, 0.3) is 0 Å². The zero-order chi connectivity index (χ0) is 15.2. The summed E-state index contributed by atoms with van der Waals surface area (Å²) in [7, 11) is 1.90. The molecule has 1 aromatic heterocycles. The van der Waals surface area contributed by atoms with Crippen LogP contribution in [-0.4, -0.2) is 57.5 Å². The lowest BCUT2D eigenvalue weighted by Gasteiger charge is -2.31. The molecule has 1 saturated heterocycles. The van der Waals surface area contributed by atoms with E-state index in [1.165, 1.54) is 6.33 Å². The lowest BCUT2D eigenvalue weighted by Crippen LogP contribution is -2.45. The molecule has 2 unspecified atom stereocenters. The summed E-state index contributed by atoms with van der Waals surface area (Å²) in [6.07, 6.45) is 3.82. The molecule has 21 heavy (non-hydrogen) atoms. The van der Waals surface area contributed by atoms with Crippen LogP contribution in [0.25, 0.3) is 0 Å². The minimum absolute atomic E-state index is 0.145. The van der Waals surface area contributed by atoms with Gasteiger partial charge in [-0.2, -0.15) is 10.1 Å². The summed E-state index contributed by atoms with van der Waals surface area (Å²) >= 11 is 0. The lowest BCUT2D eigenvalue weighted by atomic mass is 10.1. The van der Waals surface area contributed by atoms with Crippen molar-refractivity contribution < 1.29 is 9.13 Å². The van der Waals surface area contributed by atoms with Crippen LogP contribution < -0.4 is 4.74 Å². The number of piperidine rings is 1. The third-order valence-corrected chi connectivity index (χ3v) is 3.46. The fourth-order valence-corrected chi connectivity index (χ4v) is 2.10. The highest BCUT2D eigenvalue weighted by molar-refractivity contribution is 5.07. The molecule has 2 heterocycles. The number of likely N-dealkylation sites (tertiary alicyclic amines) is 1. The largest absolute Gasteiger partial charge is 0.457 e. The number of aromatic nitrogens is 4. The maximum absolute atomic E-state index is 14.0. The minimum atomic E-state index is -1.04. The number of H-pyrrole nitrogens is 1. The number of hydrogen-bond donors (Lipinski definition) is 1. The van der Waals surface area contributed by atoms with Gasteiger partial charge >= 0.3 is 6.01 Å². The van der Waals surface area contributed by atoms with Crippen LogP contribution in [0, 0.1) is 0 Å². The summed E-state index contributed by atoms with van der Waals surface area (Å²) in [5, 5.41) is 6.67. The standard InChI is InChI=1S/C14H22FN5O/c1-10(2)11-6-16-14(17-9-19-18-7-11)21-13-4-5-20(3)8-12(13)15/h6-7,9-10,12-13,18H,4-5,8H2,1-3H3. The molecule has 0 spiro atoms. The molecule has 1 aliphatic rings. The van der Waals surface area contributed by atoms with Crippen LogP contribution in [0.15, 0.2) is 18.7 Å². The Morgan fingerprint density at radius 1 is 1.43 bits per heavy atom. The molecular weight excluding hydrogens is 273 g/mol. The van der Waals surface area contributed by atoms with E-state index in [9.17, 15) is 4.39 Å². The SMILES string of the molecule is CC(C)c1cnc(OC2CCN(C)CC2F)ncn[nH]c1. The highest BCUT2D eigenvalue weighted by Gasteiger charge is 2.29. The van der Waals surface area contributed by atoms with Crippen LogP contribution in [0.5, 0.6) is 6.01 Å².